The molecule has 3 rings (SSSR count). The van der Waals surface area contributed by atoms with Crippen molar-refractivity contribution in [2.75, 3.05) is 5.32 Å². The summed E-state index contributed by atoms with van der Waals surface area (Å²) in [6, 6.07) is 8.06. The fraction of sp³-hybridized carbons (Fsp3) is 0.600. The zero-order valence-corrected chi connectivity index (χ0v) is 14.6. The zero-order valence-electron chi connectivity index (χ0n) is 14.6. The van der Waals surface area contributed by atoms with Gasteiger partial charge < -0.3 is 10.6 Å². The van der Waals surface area contributed by atoms with Gasteiger partial charge in [-0.05, 0) is 43.7 Å². The van der Waals surface area contributed by atoms with Gasteiger partial charge in [0.1, 0.15) is 5.41 Å². The highest BCUT2D eigenvalue weighted by Crippen LogP contribution is 2.47. The van der Waals surface area contributed by atoms with Gasteiger partial charge in [-0.25, -0.2) is 0 Å². The summed E-state index contributed by atoms with van der Waals surface area (Å²) in [6.45, 7) is 2.07. The molecule has 0 heterocycles. The number of carbonyl (C=O) groups is 2. The van der Waals surface area contributed by atoms with Crippen LogP contribution in [0.15, 0.2) is 24.3 Å². The molecule has 2 amide bonds. The standard InChI is InChI=1S/C20H28N2O2/c1-2-15-9-7-8-12-17(15)22-19(24)20(13-14-20)18(23)21-16-10-5-3-4-6-11-16/h7-9,12,16H,2-6,10-11,13-14H2,1H3,(H,21,23)(H,22,24). The number of hydrogen-bond acceptors (Lipinski definition) is 2. The third-order valence-corrected chi connectivity index (χ3v) is 5.46. The van der Waals surface area contributed by atoms with Crippen LogP contribution in [0.3, 0.4) is 0 Å². The lowest BCUT2D eigenvalue weighted by molar-refractivity contribution is -0.134. The van der Waals surface area contributed by atoms with Gasteiger partial charge in [0.25, 0.3) is 0 Å². The molecule has 0 atom stereocenters. The molecule has 4 heteroatoms. The van der Waals surface area contributed by atoms with Crippen molar-refractivity contribution < 1.29 is 9.59 Å². The third kappa shape index (κ3) is 3.63. The fourth-order valence-corrected chi connectivity index (χ4v) is 3.62. The van der Waals surface area contributed by atoms with Crippen molar-refractivity contribution in [2.45, 2.75) is 70.8 Å². The Morgan fingerprint density at radius 1 is 1.04 bits per heavy atom. The van der Waals surface area contributed by atoms with Gasteiger partial charge in [0.15, 0.2) is 0 Å². The number of anilines is 1. The Morgan fingerprint density at radius 2 is 1.71 bits per heavy atom. The zero-order chi connectivity index (χ0) is 17.0. The van der Waals surface area contributed by atoms with Gasteiger partial charge in [-0.15, -0.1) is 0 Å². The smallest absolute Gasteiger partial charge is 0.240 e. The Hall–Kier alpha value is -1.84. The van der Waals surface area contributed by atoms with E-state index in [0.717, 1.165) is 30.5 Å². The van der Waals surface area contributed by atoms with Crippen LogP contribution in [0.5, 0.6) is 0 Å². The van der Waals surface area contributed by atoms with Crippen molar-refractivity contribution in [3.8, 4) is 0 Å². The van der Waals surface area contributed by atoms with Crippen molar-refractivity contribution in [2.24, 2.45) is 5.41 Å². The van der Waals surface area contributed by atoms with Gasteiger partial charge in [0, 0.05) is 11.7 Å². The molecule has 2 saturated carbocycles. The third-order valence-electron chi connectivity index (χ3n) is 5.46. The van der Waals surface area contributed by atoms with Crippen LogP contribution in [0.25, 0.3) is 0 Å². The lowest BCUT2D eigenvalue weighted by atomic mass is 10.0. The van der Waals surface area contributed by atoms with Crippen molar-refractivity contribution in [1.82, 2.24) is 5.32 Å². The Labute approximate surface area is 144 Å². The SMILES string of the molecule is CCc1ccccc1NC(=O)C1(C(=O)NC2CCCCCC2)CC1. The Morgan fingerprint density at radius 3 is 2.33 bits per heavy atom. The van der Waals surface area contributed by atoms with Crippen LogP contribution >= 0.6 is 0 Å². The van der Waals surface area contributed by atoms with Crippen molar-refractivity contribution in [3.63, 3.8) is 0 Å². The van der Waals surface area contributed by atoms with E-state index in [0.29, 0.717) is 12.8 Å². The fourth-order valence-electron chi connectivity index (χ4n) is 3.62. The number of rotatable bonds is 5. The van der Waals surface area contributed by atoms with E-state index in [1.165, 1.54) is 25.7 Å². The quantitative estimate of drug-likeness (QED) is 0.638. The second-order valence-corrected chi connectivity index (χ2v) is 7.21. The first-order chi connectivity index (χ1) is 11.7. The van der Waals surface area contributed by atoms with E-state index in [4.69, 9.17) is 0 Å². The van der Waals surface area contributed by atoms with Crippen LogP contribution in [-0.2, 0) is 16.0 Å². The highest BCUT2D eigenvalue weighted by Gasteiger charge is 2.56. The minimum atomic E-state index is -0.840. The van der Waals surface area contributed by atoms with E-state index in [1.807, 2.05) is 24.3 Å². The Balaban J connectivity index is 1.64. The van der Waals surface area contributed by atoms with Crippen molar-refractivity contribution in [3.05, 3.63) is 29.8 Å². The van der Waals surface area contributed by atoms with Crippen molar-refractivity contribution in [1.29, 1.82) is 0 Å². The topological polar surface area (TPSA) is 58.2 Å². The van der Waals surface area contributed by atoms with E-state index in [1.54, 1.807) is 0 Å². The van der Waals surface area contributed by atoms with E-state index >= 15 is 0 Å². The van der Waals surface area contributed by atoms with Crippen molar-refractivity contribution >= 4 is 17.5 Å². The molecule has 0 unspecified atom stereocenters. The molecule has 2 aliphatic carbocycles. The summed E-state index contributed by atoms with van der Waals surface area (Å²) in [5.74, 6) is -0.213. The monoisotopic (exact) mass is 328 g/mol. The first-order valence-corrected chi connectivity index (χ1v) is 9.36. The number of nitrogens with one attached hydrogen (secondary N) is 2. The Kier molecular flexibility index (Phi) is 5.22. The molecular formula is C20H28N2O2. The maximum absolute atomic E-state index is 12.7. The number of para-hydroxylation sites is 1. The average Bonchev–Trinajstić information content (AvgIpc) is 3.41. The lowest BCUT2D eigenvalue weighted by Gasteiger charge is -2.21. The lowest BCUT2D eigenvalue weighted by Crippen LogP contribution is -2.44. The summed E-state index contributed by atoms with van der Waals surface area (Å²) >= 11 is 0. The molecule has 0 spiro atoms. The average molecular weight is 328 g/mol. The molecule has 1 aromatic carbocycles. The van der Waals surface area contributed by atoms with Gasteiger partial charge in [0.05, 0.1) is 0 Å². The van der Waals surface area contributed by atoms with Gasteiger partial charge in [-0.1, -0.05) is 50.8 Å². The minimum absolute atomic E-state index is 0.0686. The molecule has 0 saturated heterocycles. The molecular weight excluding hydrogens is 300 g/mol. The van der Waals surface area contributed by atoms with Crippen LogP contribution in [0.4, 0.5) is 5.69 Å². The maximum Gasteiger partial charge on any atom is 0.240 e. The molecule has 0 radical (unpaired) electrons. The first-order valence-electron chi connectivity index (χ1n) is 9.36. The molecule has 1 aromatic rings. The molecule has 24 heavy (non-hydrogen) atoms. The second-order valence-electron chi connectivity index (χ2n) is 7.21. The molecule has 0 aromatic heterocycles. The summed E-state index contributed by atoms with van der Waals surface area (Å²) in [5, 5.41) is 6.15. The van der Waals surface area contributed by atoms with Crippen LogP contribution in [-0.4, -0.2) is 17.9 Å². The van der Waals surface area contributed by atoms with Gasteiger partial charge in [-0.2, -0.15) is 0 Å². The normalized spacial score (nSPS) is 20.0. The molecule has 4 nitrogen and oxygen atoms in total. The molecule has 2 fully saturated rings. The molecule has 2 N–H and O–H groups in total. The minimum Gasteiger partial charge on any atom is -0.352 e. The van der Waals surface area contributed by atoms with Gasteiger partial charge >= 0.3 is 0 Å². The predicted octanol–water partition coefficient (Wildman–Crippen LogP) is 3.81. The van der Waals surface area contributed by atoms with Crippen LogP contribution in [0.2, 0.25) is 0 Å². The molecule has 0 aliphatic heterocycles. The van der Waals surface area contributed by atoms with E-state index in [-0.39, 0.29) is 17.9 Å². The number of benzene rings is 1. The predicted molar refractivity (Wildman–Crippen MR) is 95.7 cm³/mol. The van der Waals surface area contributed by atoms with E-state index in [2.05, 4.69) is 17.6 Å². The molecule has 2 aliphatic rings. The van der Waals surface area contributed by atoms with Gasteiger partial charge in [0.2, 0.25) is 11.8 Å². The summed E-state index contributed by atoms with van der Waals surface area (Å²) in [7, 11) is 0. The van der Waals surface area contributed by atoms with Crippen LogP contribution in [0.1, 0.15) is 63.9 Å². The largest absolute Gasteiger partial charge is 0.352 e. The maximum atomic E-state index is 12.7. The summed E-state index contributed by atoms with van der Waals surface area (Å²) in [4.78, 5) is 25.5. The van der Waals surface area contributed by atoms with Gasteiger partial charge in [-0.3, -0.25) is 9.59 Å². The highest BCUT2D eigenvalue weighted by atomic mass is 16.2. The summed E-state index contributed by atoms with van der Waals surface area (Å²) in [6.07, 6.45) is 9.12. The van der Waals surface area contributed by atoms with E-state index in [9.17, 15) is 9.59 Å². The number of aryl methyl sites for hydroxylation is 1. The van der Waals surface area contributed by atoms with Crippen LogP contribution in [0, 0.1) is 5.41 Å². The summed E-state index contributed by atoms with van der Waals surface area (Å²) < 4.78 is 0. The van der Waals surface area contributed by atoms with E-state index < -0.39 is 5.41 Å². The number of amides is 2. The number of carbonyl (C=O) groups excluding carboxylic acids is 2. The number of hydrogen-bond donors (Lipinski definition) is 2. The first kappa shape index (κ1) is 17.0. The second kappa shape index (κ2) is 7.37. The summed E-state index contributed by atoms with van der Waals surface area (Å²) in [5.41, 5.74) is 1.09. The van der Waals surface area contributed by atoms with Crippen LogP contribution < -0.4 is 10.6 Å². The Bertz CT molecular complexity index is 599. The highest BCUT2D eigenvalue weighted by molar-refractivity contribution is 6.13. The molecule has 130 valence electrons. The molecule has 0 bridgehead atoms.